The Bertz CT molecular complexity index is 915. The van der Waals surface area contributed by atoms with E-state index in [0.717, 1.165) is 17.9 Å². The maximum atomic E-state index is 5.60. The van der Waals surface area contributed by atoms with Gasteiger partial charge in [-0.15, -0.1) is 0 Å². The minimum Gasteiger partial charge on any atom is -0.444 e. The summed E-state index contributed by atoms with van der Waals surface area (Å²) in [5.41, 5.74) is 5.35. The highest BCUT2D eigenvalue weighted by Crippen LogP contribution is 2.19. The van der Waals surface area contributed by atoms with E-state index in [0.29, 0.717) is 31.5 Å². The molecular weight excluding hydrogens is 364 g/mol. The first kappa shape index (κ1) is 20.6. The first-order valence-corrected chi connectivity index (χ1v) is 9.79. The molecule has 6 nitrogen and oxygen atoms in total. The molecular formula is C23H28N4O2. The maximum Gasteiger partial charge on any atom is 0.226 e. The highest BCUT2D eigenvalue weighted by molar-refractivity contribution is 5.79. The van der Waals surface area contributed by atoms with Gasteiger partial charge in [0.05, 0.1) is 18.8 Å². The molecule has 152 valence electrons. The first-order chi connectivity index (χ1) is 14.2. The summed E-state index contributed by atoms with van der Waals surface area (Å²) in [6, 6.07) is 16.5. The average Bonchev–Trinajstić information content (AvgIpc) is 3.22. The third kappa shape index (κ3) is 6.19. The van der Waals surface area contributed by atoms with Gasteiger partial charge in [-0.2, -0.15) is 0 Å². The highest BCUT2D eigenvalue weighted by atomic mass is 16.5. The van der Waals surface area contributed by atoms with Gasteiger partial charge in [0.25, 0.3) is 0 Å². The lowest BCUT2D eigenvalue weighted by molar-refractivity contribution is 0.134. The Morgan fingerprint density at radius 3 is 2.38 bits per heavy atom. The molecule has 0 aliphatic rings. The van der Waals surface area contributed by atoms with E-state index in [1.54, 1.807) is 13.3 Å². The van der Waals surface area contributed by atoms with E-state index in [4.69, 9.17) is 9.15 Å². The molecule has 0 bridgehead atoms. The topological polar surface area (TPSA) is 71.7 Å². The number of hydrogen-bond acceptors (Lipinski definition) is 4. The normalized spacial score (nSPS) is 11.5. The third-order valence-corrected chi connectivity index (χ3v) is 4.47. The van der Waals surface area contributed by atoms with Crippen molar-refractivity contribution in [2.24, 2.45) is 4.99 Å². The zero-order chi connectivity index (χ0) is 20.5. The number of guanidine groups is 1. The van der Waals surface area contributed by atoms with Crippen LogP contribution < -0.4 is 10.6 Å². The van der Waals surface area contributed by atoms with Gasteiger partial charge in [-0.05, 0) is 37.1 Å². The SMILES string of the molecule is CCOCc1ccc(CNC(=NC)NCc2coc(-c3ccc(C)cc3)n2)cc1. The van der Waals surface area contributed by atoms with E-state index < -0.39 is 0 Å². The van der Waals surface area contributed by atoms with Crippen LogP contribution in [0.4, 0.5) is 0 Å². The second kappa shape index (κ2) is 10.4. The monoisotopic (exact) mass is 392 g/mol. The minimum absolute atomic E-state index is 0.530. The van der Waals surface area contributed by atoms with Crippen LogP contribution in [-0.4, -0.2) is 24.6 Å². The van der Waals surface area contributed by atoms with E-state index >= 15 is 0 Å². The van der Waals surface area contributed by atoms with E-state index in [2.05, 4.69) is 51.8 Å². The number of rotatable bonds is 8. The minimum atomic E-state index is 0.530. The fourth-order valence-corrected chi connectivity index (χ4v) is 2.77. The molecule has 0 unspecified atom stereocenters. The van der Waals surface area contributed by atoms with Gasteiger partial charge in [0.1, 0.15) is 6.26 Å². The van der Waals surface area contributed by atoms with Gasteiger partial charge in [0.2, 0.25) is 5.89 Å². The van der Waals surface area contributed by atoms with Gasteiger partial charge in [0, 0.05) is 25.8 Å². The van der Waals surface area contributed by atoms with Gasteiger partial charge < -0.3 is 19.8 Å². The van der Waals surface area contributed by atoms with Crippen LogP contribution in [0.1, 0.15) is 29.3 Å². The zero-order valence-corrected chi connectivity index (χ0v) is 17.2. The number of oxazole rings is 1. The largest absolute Gasteiger partial charge is 0.444 e. The van der Waals surface area contributed by atoms with Crippen LogP contribution in [-0.2, 0) is 24.4 Å². The Hall–Kier alpha value is -3.12. The molecule has 0 saturated carbocycles. The Balaban J connectivity index is 1.49. The number of nitrogens with zero attached hydrogens (tertiary/aromatic N) is 2. The fourth-order valence-electron chi connectivity index (χ4n) is 2.77. The first-order valence-electron chi connectivity index (χ1n) is 9.79. The number of nitrogens with one attached hydrogen (secondary N) is 2. The van der Waals surface area contributed by atoms with Crippen LogP contribution >= 0.6 is 0 Å². The van der Waals surface area contributed by atoms with Gasteiger partial charge in [-0.3, -0.25) is 4.99 Å². The molecule has 0 radical (unpaired) electrons. The van der Waals surface area contributed by atoms with Crippen LogP contribution in [0.15, 0.2) is 64.2 Å². The van der Waals surface area contributed by atoms with Crippen molar-refractivity contribution >= 4 is 5.96 Å². The molecule has 0 aliphatic heterocycles. The second-order valence-corrected chi connectivity index (χ2v) is 6.74. The Labute approximate surface area is 172 Å². The lowest BCUT2D eigenvalue weighted by Gasteiger charge is -2.11. The average molecular weight is 393 g/mol. The second-order valence-electron chi connectivity index (χ2n) is 6.74. The summed E-state index contributed by atoms with van der Waals surface area (Å²) in [7, 11) is 1.75. The maximum absolute atomic E-state index is 5.60. The summed E-state index contributed by atoms with van der Waals surface area (Å²) in [6.45, 7) is 6.64. The Morgan fingerprint density at radius 2 is 1.69 bits per heavy atom. The highest BCUT2D eigenvalue weighted by Gasteiger charge is 2.07. The van der Waals surface area contributed by atoms with E-state index in [9.17, 15) is 0 Å². The summed E-state index contributed by atoms with van der Waals surface area (Å²) >= 11 is 0. The van der Waals surface area contributed by atoms with Crippen LogP contribution in [0, 0.1) is 6.92 Å². The number of aromatic nitrogens is 1. The van der Waals surface area contributed by atoms with Crippen LogP contribution in [0.5, 0.6) is 0 Å². The lowest BCUT2D eigenvalue weighted by Crippen LogP contribution is -2.36. The molecule has 0 saturated heterocycles. The molecule has 2 aromatic carbocycles. The van der Waals surface area contributed by atoms with Crippen molar-refractivity contribution in [3.05, 3.63) is 77.2 Å². The number of aliphatic imine (C=N–C) groups is 1. The molecule has 0 spiro atoms. The van der Waals surface area contributed by atoms with Gasteiger partial charge in [-0.25, -0.2) is 4.98 Å². The summed E-state index contributed by atoms with van der Waals surface area (Å²) in [5, 5.41) is 6.58. The van der Waals surface area contributed by atoms with Crippen molar-refractivity contribution in [3.63, 3.8) is 0 Å². The smallest absolute Gasteiger partial charge is 0.226 e. The van der Waals surface area contributed by atoms with Crippen molar-refractivity contribution in [2.45, 2.75) is 33.5 Å². The van der Waals surface area contributed by atoms with Crippen molar-refractivity contribution in [1.82, 2.24) is 15.6 Å². The Morgan fingerprint density at radius 1 is 1.00 bits per heavy atom. The fraction of sp³-hybridized carbons (Fsp3) is 0.304. The quantitative estimate of drug-likeness (QED) is 0.447. The molecule has 29 heavy (non-hydrogen) atoms. The molecule has 0 fully saturated rings. The molecule has 6 heteroatoms. The van der Waals surface area contributed by atoms with Crippen LogP contribution in [0.2, 0.25) is 0 Å². The summed E-state index contributed by atoms with van der Waals surface area (Å²) in [5.74, 6) is 1.33. The number of ether oxygens (including phenoxy) is 1. The van der Waals surface area contributed by atoms with E-state index in [1.807, 2.05) is 31.2 Å². The molecule has 3 aromatic rings. The number of benzene rings is 2. The predicted molar refractivity (Wildman–Crippen MR) is 115 cm³/mol. The zero-order valence-electron chi connectivity index (χ0n) is 17.2. The molecule has 0 aliphatic carbocycles. The van der Waals surface area contributed by atoms with Gasteiger partial charge >= 0.3 is 0 Å². The number of aryl methyl sites for hydroxylation is 1. The molecule has 1 heterocycles. The van der Waals surface area contributed by atoms with Crippen LogP contribution in [0.25, 0.3) is 11.5 Å². The van der Waals surface area contributed by atoms with E-state index in [1.165, 1.54) is 16.7 Å². The standard InChI is InChI=1S/C23H28N4O2/c1-4-28-15-19-9-7-18(8-10-19)13-25-23(24-3)26-14-21-16-29-22(27-21)20-11-5-17(2)6-12-20/h5-12,16H,4,13-15H2,1-3H3,(H2,24,25,26). The molecule has 2 N–H and O–H groups in total. The van der Waals surface area contributed by atoms with Crippen molar-refractivity contribution < 1.29 is 9.15 Å². The van der Waals surface area contributed by atoms with Gasteiger partial charge in [-0.1, -0.05) is 42.0 Å². The van der Waals surface area contributed by atoms with Crippen LogP contribution in [0.3, 0.4) is 0 Å². The third-order valence-electron chi connectivity index (χ3n) is 4.47. The summed E-state index contributed by atoms with van der Waals surface area (Å²) in [4.78, 5) is 8.81. The van der Waals surface area contributed by atoms with E-state index in [-0.39, 0.29) is 0 Å². The predicted octanol–water partition coefficient (Wildman–Crippen LogP) is 4.05. The molecule has 1 aromatic heterocycles. The molecule has 0 atom stereocenters. The summed E-state index contributed by atoms with van der Waals surface area (Å²) in [6.07, 6.45) is 1.67. The molecule has 0 amide bonds. The van der Waals surface area contributed by atoms with Crippen molar-refractivity contribution in [1.29, 1.82) is 0 Å². The van der Waals surface area contributed by atoms with Crippen molar-refractivity contribution in [3.8, 4) is 11.5 Å². The Kier molecular flexibility index (Phi) is 7.41. The summed E-state index contributed by atoms with van der Waals surface area (Å²) < 4.78 is 11.0. The number of hydrogen-bond donors (Lipinski definition) is 2. The van der Waals surface area contributed by atoms with Crippen molar-refractivity contribution in [2.75, 3.05) is 13.7 Å². The molecule has 3 rings (SSSR count). The van der Waals surface area contributed by atoms with Gasteiger partial charge in [0.15, 0.2) is 5.96 Å². The lowest BCUT2D eigenvalue weighted by atomic mass is 10.1.